The van der Waals surface area contributed by atoms with Crippen molar-refractivity contribution in [3.8, 4) is 0 Å². The highest BCUT2D eigenvalue weighted by atomic mass is 32.2. The largest absolute Gasteiger partial charge is 0.309 e. The van der Waals surface area contributed by atoms with E-state index in [1.807, 2.05) is 6.92 Å². The summed E-state index contributed by atoms with van der Waals surface area (Å²) in [6.07, 6.45) is 3.18. The van der Waals surface area contributed by atoms with Crippen molar-refractivity contribution in [3.05, 3.63) is 26.6 Å². The van der Waals surface area contributed by atoms with Gasteiger partial charge in [-0.25, -0.2) is 9.67 Å². The summed E-state index contributed by atoms with van der Waals surface area (Å²) >= 11 is 3.16. The Bertz CT molecular complexity index is 959. The Labute approximate surface area is 146 Å². The Hall–Kier alpha value is -1.74. The first-order valence-corrected chi connectivity index (χ1v) is 9.66. The maximum Gasteiger partial charge on any atom is 0.259 e. The Balaban J connectivity index is 1.73. The van der Waals surface area contributed by atoms with Crippen LogP contribution in [0.15, 0.2) is 9.95 Å². The average Bonchev–Trinajstić information content (AvgIpc) is 3.10. The minimum Gasteiger partial charge on any atom is -0.309 e. The Kier molecular flexibility index (Phi) is 3.92. The number of H-pyrrole nitrogens is 1. The summed E-state index contributed by atoms with van der Waals surface area (Å²) in [5, 5.41) is 12.9. The molecule has 3 heterocycles. The van der Waals surface area contributed by atoms with E-state index in [1.165, 1.54) is 22.2 Å². The van der Waals surface area contributed by atoms with Gasteiger partial charge in [0.2, 0.25) is 5.16 Å². The average molecular weight is 362 g/mol. The topological polar surface area (TPSA) is 89.3 Å². The van der Waals surface area contributed by atoms with E-state index in [9.17, 15) is 4.79 Å². The number of thiophene rings is 1. The maximum atomic E-state index is 12.6. The second kappa shape index (κ2) is 5.96. The fraction of sp³-hybridized carbons (Fsp3) is 0.533. The van der Waals surface area contributed by atoms with Crippen LogP contribution in [0, 0.1) is 5.92 Å². The summed E-state index contributed by atoms with van der Waals surface area (Å²) < 4.78 is 1.61. The second-order valence-electron chi connectivity index (χ2n) is 6.33. The molecule has 0 aliphatic heterocycles. The summed E-state index contributed by atoms with van der Waals surface area (Å²) in [4.78, 5) is 22.5. The first-order valence-electron chi connectivity index (χ1n) is 7.96. The molecule has 0 spiro atoms. The second-order valence-corrected chi connectivity index (χ2v) is 8.72. The monoisotopic (exact) mass is 362 g/mol. The van der Waals surface area contributed by atoms with Crippen LogP contribution in [0.3, 0.4) is 0 Å². The van der Waals surface area contributed by atoms with Crippen LogP contribution >= 0.6 is 23.1 Å². The number of tetrazole rings is 1. The van der Waals surface area contributed by atoms with E-state index in [0.29, 0.717) is 16.9 Å². The maximum absolute atomic E-state index is 12.6. The lowest BCUT2D eigenvalue weighted by molar-refractivity contribution is 0.509. The van der Waals surface area contributed by atoms with Gasteiger partial charge in [0, 0.05) is 11.9 Å². The number of fused-ring (bicyclic) bond motifs is 3. The first kappa shape index (κ1) is 15.8. The zero-order valence-electron chi connectivity index (χ0n) is 13.7. The molecule has 0 unspecified atom stereocenters. The van der Waals surface area contributed by atoms with Crippen molar-refractivity contribution in [2.45, 2.75) is 43.5 Å². The number of aromatic nitrogens is 6. The molecule has 3 aromatic rings. The molecule has 0 radical (unpaired) electrons. The number of hydrogen-bond acceptors (Lipinski definition) is 7. The Morgan fingerprint density at radius 1 is 1.46 bits per heavy atom. The highest BCUT2D eigenvalue weighted by molar-refractivity contribution is 7.99. The van der Waals surface area contributed by atoms with Crippen LogP contribution in [-0.2, 0) is 19.9 Å². The van der Waals surface area contributed by atoms with Gasteiger partial charge in [-0.1, -0.05) is 18.7 Å². The van der Waals surface area contributed by atoms with Crippen molar-refractivity contribution < 1.29 is 0 Å². The van der Waals surface area contributed by atoms with E-state index in [1.54, 1.807) is 23.1 Å². The van der Waals surface area contributed by atoms with E-state index in [0.717, 1.165) is 29.5 Å². The van der Waals surface area contributed by atoms with Gasteiger partial charge >= 0.3 is 0 Å². The molecule has 9 heteroatoms. The molecule has 24 heavy (non-hydrogen) atoms. The van der Waals surface area contributed by atoms with Crippen molar-refractivity contribution in [1.82, 2.24) is 30.2 Å². The molecule has 0 saturated heterocycles. The number of thioether (sulfide) groups is 1. The zero-order valence-corrected chi connectivity index (χ0v) is 15.4. The van der Waals surface area contributed by atoms with Crippen molar-refractivity contribution >= 4 is 33.3 Å². The van der Waals surface area contributed by atoms with E-state index >= 15 is 0 Å². The Morgan fingerprint density at radius 2 is 2.29 bits per heavy atom. The lowest BCUT2D eigenvalue weighted by Gasteiger charge is -2.17. The number of nitrogens with zero attached hydrogens (tertiary/aromatic N) is 5. The first-order chi connectivity index (χ1) is 11.5. The quantitative estimate of drug-likeness (QED) is 0.720. The minimum atomic E-state index is -0.0372. The fourth-order valence-electron chi connectivity index (χ4n) is 3.09. The van der Waals surface area contributed by atoms with Gasteiger partial charge in [-0.15, -0.1) is 16.4 Å². The SMILES string of the molecule is C[C@H]1CCc2c(sc3nc([C@H](C)Sc4nnnn4C)[nH]c(=O)c23)C1. The van der Waals surface area contributed by atoms with E-state index < -0.39 is 0 Å². The smallest absolute Gasteiger partial charge is 0.259 e. The number of hydrogen-bond donors (Lipinski definition) is 1. The zero-order chi connectivity index (χ0) is 16.8. The predicted octanol–water partition coefficient (Wildman–Crippen LogP) is 2.49. The van der Waals surface area contributed by atoms with E-state index in [4.69, 9.17) is 4.98 Å². The van der Waals surface area contributed by atoms with Gasteiger partial charge in [-0.2, -0.15) is 0 Å². The molecule has 0 fully saturated rings. The van der Waals surface area contributed by atoms with Gasteiger partial charge in [-0.05, 0) is 48.1 Å². The lowest BCUT2D eigenvalue weighted by Crippen LogP contribution is -2.15. The summed E-state index contributed by atoms with van der Waals surface area (Å²) in [7, 11) is 1.79. The molecule has 0 saturated carbocycles. The molecule has 7 nitrogen and oxygen atoms in total. The summed E-state index contributed by atoms with van der Waals surface area (Å²) in [6, 6.07) is 0. The fourth-order valence-corrected chi connectivity index (χ4v) is 5.30. The van der Waals surface area contributed by atoms with Gasteiger partial charge in [0.15, 0.2) is 0 Å². The molecule has 4 rings (SSSR count). The molecule has 0 bridgehead atoms. The molecule has 0 amide bonds. The number of aromatic amines is 1. The van der Waals surface area contributed by atoms with E-state index in [-0.39, 0.29) is 10.8 Å². The molecule has 126 valence electrons. The Morgan fingerprint density at radius 3 is 3.04 bits per heavy atom. The molecular formula is C15H18N6OS2. The van der Waals surface area contributed by atoms with Gasteiger partial charge < -0.3 is 4.98 Å². The van der Waals surface area contributed by atoms with Crippen LogP contribution in [0.25, 0.3) is 10.2 Å². The van der Waals surface area contributed by atoms with Crippen LogP contribution in [0.1, 0.15) is 41.8 Å². The molecular weight excluding hydrogens is 344 g/mol. The predicted molar refractivity (Wildman–Crippen MR) is 94.5 cm³/mol. The summed E-state index contributed by atoms with van der Waals surface area (Å²) in [6.45, 7) is 4.27. The van der Waals surface area contributed by atoms with Gasteiger partial charge in [0.25, 0.3) is 5.56 Å². The van der Waals surface area contributed by atoms with Crippen LogP contribution in [0.5, 0.6) is 0 Å². The van der Waals surface area contributed by atoms with Gasteiger partial charge in [0.05, 0.1) is 10.6 Å². The van der Waals surface area contributed by atoms with Crippen LogP contribution in [-0.4, -0.2) is 30.2 Å². The van der Waals surface area contributed by atoms with Crippen LogP contribution in [0.4, 0.5) is 0 Å². The molecule has 2 atom stereocenters. The lowest BCUT2D eigenvalue weighted by atomic mass is 9.89. The number of aryl methyl sites for hydroxylation is 2. The standard InChI is InChI=1S/C15H18N6OS2/c1-7-4-5-9-10(6-7)24-14-11(9)13(22)16-12(17-14)8(2)23-15-18-19-20-21(15)3/h7-8H,4-6H2,1-3H3,(H,16,17,22)/t7-,8-/m0/s1. The highest BCUT2D eigenvalue weighted by Gasteiger charge is 2.24. The molecule has 3 aromatic heterocycles. The van der Waals surface area contributed by atoms with Crippen molar-refractivity contribution in [2.75, 3.05) is 0 Å². The van der Waals surface area contributed by atoms with Crippen LogP contribution < -0.4 is 5.56 Å². The number of nitrogens with one attached hydrogen (secondary N) is 1. The molecule has 1 aliphatic rings. The van der Waals surface area contributed by atoms with Crippen molar-refractivity contribution in [3.63, 3.8) is 0 Å². The van der Waals surface area contributed by atoms with Gasteiger partial charge in [0.1, 0.15) is 10.7 Å². The summed E-state index contributed by atoms with van der Waals surface area (Å²) in [5.41, 5.74) is 1.19. The van der Waals surface area contributed by atoms with Crippen molar-refractivity contribution in [1.29, 1.82) is 0 Å². The third-order valence-corrected chi connectivity index (χ3v) is 6.71. The van der Waals surface area contributed by atoms with Gasteiger partial charge in [-0.3, -0.25) is 4.79 Å². The van der Waals surface area contributed by atoms with Crippen LogP contribution in [0.2, 0.25) is 0 Å². The summed E-state index contributed by atoms with van der Waals surface area (Å²) in [5.74, 6) is 1.36. The minimum absolute atomic E-state index is 0.0226. The third-order valence-electron chi connectivity index (χ3n) is 4.43. The molecule has 0 aromatic carbocycles. The highest BCUT2D eigenvalue weighted by Crippen LogP contribution is 2.37. The molecule has 1 N–H and O–H groups in total. The third kappa shape index (κ3) is 2.65. The number of rotatable bonds is 3. The normalized spacial score (nSPS) is 18.7. The van der Waals surface area contributed by atoms with E-state index in [2.05, 4.69) is 27.4 Å². The van der Waals surface area contributed by atoms with Crippen molar-refractivity contribution in [2.24, 2.45) is 13.0 Å². The molecule has 1 aliphatic carbocycles.